The number of hydrogen-bond donors (Lipinski definition) is 0. The van der Waals surface area contributed by atoms with Crippen molar-refractivity contribution in [3.8, 4) is 5.75 Å². The first kappa shape index (κ1) is 16.3. The quantitative estimate of drug-likeness (QED) is 0.707. The molecule has 4 rings (SSSR count). The maximum Gasteiger partial charge on any atom is 0.254 e. The van der Waals surface area contributed by atoms with Crippen LogP contribution in [0.3, 0.4) is 0 Å². The molecule has 0 saturated carbocycles. The number of nitrogens with zero attached hydrogens (tertiary/aromatic N) is 5. The molecule has 0 bridgehead atoms. The largest absolute Gasteiger partial charge is 0.497 e. The SMILES string of the molecule is COc1cccc([C@@H]2CCN2C(=O)c2ccc(Cn3cnnn3)cc2)c1. The number of carbonyl (C=O) groups excluding carboxylic acids is 1. The van der Waals surface area contributed by atoms with Crippen molar-refractivity contribution in [2.45, 2.75) is 19.0 Å². The third-order valence-corrected chi connectivity index (χ3v) is 4.70. The Balaban J connectivity index is 1.46. The molecule has 132 valence electrons. The minimum atomic E-state index is 0.0537. The van der Waals surface area contributed by atoms with E-state index in [-0.39, 0.29) is 11.9 Å². The van der Waals surface area contributed by atoms with Crippen LogP contribution in [0.1, 0.15) is 33.9 Å². The average molecular weight is 349 g/mol. The van der Waals surface area contributed by atoms with Crippen LogP contribution in [-0.4, -0.2) is 44.7 Å². The Bertz CT molecular complexity index is 893. The summed E-state index contributed by atoms with van der Waals surface area (Å²) < 4.78 is 6.93. The van der Waals surface area contributed by atoms with Crippen LogP contribution in [0.2, 0.25) is 0 Å². The van der Waals surface area contributed by atoms with E-state index in [1.165, 1.54) is 0 Å². The van der Waals surface area contributed by atoms with Gasteiger partial charge in [0.05, 0.1) is 19.7 Å². The highest BCUT2D eigenvalue weighted by atomic mass is 16.5. The molecule has 0 N–H and O–H groups in total. The summed E-state index contributed by atoms with van der Waals surface area (Å²) in [5.74, 6) is 0.867. The molecule has 2 heterocycles. The van der Waals surface area contributed by atoms with E-state index < -0.39 is 0 Å². The first-order valence-electron chi connectivity index (χ1n) is 8.49. The fourth-order valence-corrected chi connectivity index (χ4v) is 3.18. The van der Waals surface area contributed by atoms with E-state index in [4.69, 9.17) is 4.74 Å². The Labute approximate surface area is 151 Å². The Morgan fingerprint density at radius 2 is 2.08 bits per heavy atom. The highest BCUT2D eigenvalue weighted by Gasteiger charge is 2.33. The van der Waals surface area contributed by atoms with Crippen molar-refractivity contribution in [1.29, 1.82) is 0 Å². The van der Waals surface area contributed by atoms with E-state index in [9.17, 15) is 4.79 Å². The summed E-state index contributed by atoms with van der Waals surface area (Å²) in [5.41, 5.74) is 2.85. The molecule has 0 spiro atoms. The highest BCUT2D eigenvalue weighted by molar-refractivity contribution is 5.95. The molecule has 7 nitrogen and oxygen atoms in total. The zero-order valence-corrected chi connectivity index (χ0v) is 14.4. The van der Waals surface area contributed by atoms with Crippen molar-refractivity contribution in [2.75, 3.05) is 13.7 Å². The van der Waals surface area contributed by atoms with Crippen molar-refractivity contribution in [3.63, 3.8) is 0 Å². The van der Waals surface area contributed by atoms with Crippen LogP contribution in [0.4, 0.5) is 0 Å². The molecule has 1 aliphatic rings. The number of aromatic nitrogens is 4. The first-order valence-corrected chi connectivity index (χ1v) is 8.49. The van der Waals surface area contributed by atoms with Gasteiger partial charge in [-0.3, -0.25) is 4.79 Å². The first-order chi connectivity index (χ1) is 12.7. The van der Waals surface area contributed by atoms with Crippen LogP contribution in [0.5, 0.6) is 5.75 Å². The molecule has 1 saturated heterocycles. The number of carbonyl (C=O) groups is 1. The van der Waals surface area contributed by atoms with Crippen LogP contribution in [0, 0.1) is 0 Å². The summed E-state index contributed by atoms with van der Waals surface area (Å²) >= 11 is 0. The van der Waals surface area contributed by atoms with E-state index in [1.54, 1.807) is 18.1 Å². The van der Waals surface area contributed by atoms with E-state index in [2.05, 4.69) is 15.5 Å². The third kappa shape index (κ3) is 3.15. The maximum absolute atomic E-state index is 12.9. The van der Waals surface area contributed by atoms with Crippen molar-refractivity contribution in [3.05, 3.63) is 71.5 Å². The van der Waals surface area contributed by atoms with Gasteiger partial charge in [-0.2, -0.15) is 0 Å². The monoisotopic (exact) mass is 349 g/mol. The number of ether oxygens (including phenoxy) is 1. The predicted molar refractivity (Wildman–Crippen MR) is 94.7 cm³/mol. The Morgan fingerprint density at radius 3 is 2.73 bits per heavy atom. The van der Waals surface area contributed by atoms with E-state index in [0.717, 1.165) is 29.8 Å². The molecular formula is C19H19N5O2. The van der Waals surface area contributed by atoms with E-state index in [1.807, 2.05) is 53.4 Å². The summed E-state index contributed by atoms with van der Waals surface area (Å²) in [5, 5.41) is 11.1. The molecule has 2 aromatic carbocycles. The fraction of sp³-hybridized carbons (Fsp3) is 0.263. The second-order valence-electron chi connectivity index (χ2n) is 6.28. The molecule has 1 amide bonds. The summed E-state index contributed by atoms with van der Waals surface area (Å²) in [6.07, 6.45) is 2.54. The van der Waals surface area contributed by atoms with Gasteiger partial charge in [-0.05, 0) is 52.2 Å². The number of amides is 1. The van der Waals surface area contributed by atoms with Crippen molar-refractivity contribution in [2.24, 2.45) is 0 Å². The number of likely N-dealkylation sites (tertiary alicyclic amines) is 1. The summed E-state index contributed by atoms with van der Waals surface area (Å²) in [4.78, 5) is 14.8. The Morgan fingerprint density at radius 1 is 1.23 bits per heavy atom. The van der Waals surface area contributed by atoms with Gasteiger partial charge in [-0.1, -0.05) is 24.3 Å². The van der Waals surface area contributed by atoms with Crippen molar-refractivity contribution < 1.29 is 9.53 Å². The number of benzene rings is 2. The molecule has 0 unspecified atom stereocenters. The standard InChI is InChI=1S/C19H19N5O2/c1-26-17-4-2-3-16(11-17)18-9-10-24(18)19(25)15-7-5-14(6-8-15)12-23-13-20-21-22-23/h2-8,11,13,18H,9-10,12H2,1H3/t18-/m0/s1. The summed E-state index contributed by atoms with van der Waals surface area (Å²) in [6.45, 7) is 1.35. The van der Waals surface area contributed by atoms with Crippen LogP contribution >= 0.6 is 0 Å². The molecular weight excluding hydrogens is 330 g/mol. The highest BCUT2D eigenvalue weighted by Crippen LogP contribution is 2.35. The molecule has 1 fully saturated rings. The lowest BCUT2D eigenvalue weighted by Gasteiger charge is -2.41. The van der Waals surface area contributed by atoms with Crippen LogP contribution < -0.4 is 4.74 Å². The van der Waals surface area contributed by atoms with Crippen LogP contribution in [0.15, 0.2) is 54.9 Å². The normalized spacial score (nSPS) is 16.2. The zero-order valence-electron chi connectivity index (χ0n) is 14.4. The van der Waals surface area contributed by atoms with E-state index >= 15 is 0 Å². The average Bonchev–Trinajstić information content (AvgIpc) is 3.14. The molecule has 0 aliphatic carbocycles. The van der Waals surface area contributed by atoms with Crippen molar-refractivity contribution >= 4 is 5.91 Å². The van der Waals surface area contributed by atoms with Gasteiger partial charge in [0.15, 0.2) is 0 Å². The van der Waals surface area contributed by atoms with Gasteiger partial charge < -0.3 is 9.64 Å². The van der Waals surface area contributed by atoms with Gasteiger partial charge in [0, 0.05) is 12.1 Å². The van der Waals surface area contributed by atoms with Crippen LogP contribution in [0.25, 0.3) is 0 Å². The molecule has 1 aliphatic heterocycles. The smallest absolute Gasteiger partial charge is 0.254 e. The summed E-state index contributed by atoms with van der Waals surface area (Å²) in [7, 11) is 1.65. The minimum absolute atomic E-state index is 0.0537. The second kappa shape index (κ2) is 6.95. The zero-order chi connectivity index (χ0) is 17.9. The van der Waals surface area contributed by atoms with Gasteiger partial charge in [0.25, 0.3) is 5.91 Å². The van der Waals surface area contributed by atoms with Crippen molar-refractivity contribution in [1.82, 2.24) is 25.1 Å². The Hall–Kier alpha value is -3.22. The topological polar surface area (TPSA) is 73.1 Å². The third-order valence-electron chi connectivity index (χ3n) is 4.70. The van der Waals surface area contributed by atoms with Gasteiger partial charge in [0.2, 0.25) is 0 Å². The molecule has 26 heavy (non-hydrogen) atoms. The lowest BCUT2D eigenvalue weighted by Crippen LogP contribution is -2.45. The fourth-order valence-electron chi connectivity index (χ4n) is 3.18. The number of tetrazole rings is 1. The molecule has 7 heteroatoms. The molecule has 0 radical (unpaired) electrons. The molecule has 3 aromatic rings. The number of rotatable bonds is 5. The Kier molecular flexibility index (Phi) is 4.35. The lowest BCUT2D eigenvalue weighted by atomic mass is 9.93. The number of methoxy groups -OCH3 is 1. The van der Waals surface area contributed by atoms with Gasteiger partial charge in [-0.15, -0.1) is 5.10 Å². The van der Waals surface area contributed by atoms with Crippen LogP contribution in [-0.2, 0) is 6.54 Å². The second-order valence-corrected chi connectivity index (χ2v) is 6.28. The lowest BCUT2D eigenvalue weighted by molar-refractivity contribution is 0.0460. The van der Waals surface area contributed by atoms with Gasteiger partial charge >= 0.3 is 0 Å². The molecule has 1 atom stereocenters. The molecule has 1 aromatic heterocycles. The maximum atomic E-state index is 12.9. The van der Waals surface area contributed by atoms with Gasteiger partial charge in [0.1, 0.15) is 12.1 Å². The minimum Gasteiger partial charge on any atom is -0.497 e. The van der Waals surface area contributed by atoms with Gasteiger partial charge in [-0.25, -0.2) is 4.68 Å². The predicted octanol–water partition coefficient (Wildman–Crippen LogP) is 2.32. The number of hydrogen-bond acceptors (Lipinski definition) is 5. The summed E-state index contributed by atoms with van der Waals surface area (Å²) in [6, 6.07) is 15.6. The van der Waals surface area contributed by atoms with E-state index in [0.29, 0.717) is 12.1 Å².